The lowest BCUT2D eigenvalue weighted by atomic mass is 10.1. The zero-order valence-electron chi connectivity index (χ0n) is 17.5. The molecule has 1 aromatic heterocycles. The average molecular weight is 443 g/mol. The van der Waals surface area contributed by atoms with Crippen molar-refractivity contribution in [1.82, 2.24) is 4.31 Å². The summed E-state index contributed by atoms with van der Waals surface area (Å²) in [5.41, 5.74) is 1.81. The lowest BCUT2D eigenvalue weighted by molar-refractivity contribution is -0.115. The second kappa shape index (κ2) is 9.11. The third-order valence-electron chi connectivity index (χ3n) is 5.56. The fourth-order valence-corrected chi connectivity index (χ4v) is 5.46. The van der Waals surface area contributed by atoms with Gasteiger partial charge in [-0.25, -0.2) is 8.42 Å². The Morgan fingerprint density at radius 1 is 1.10 bits per heavy atom. The second-order valence-corrected chi connectivity index (χ2v) is 9.60. The van der Waals surface area contributed by atoms with Crippen molar-refractivity contribution < 1.29 is 22.4 Å². The number of fused-ring (bicyclic) bond motifs is 1. The van der Waals surface area contributed by atoms with Gasteiger partial charge in [-0.3, -0.25) is 4.79 Å². The Kier molecular flexibility index (Phi) is 6.29. The van der Waals surface area contributed by atoms with E-state index in [1.807, 2.05) is 24.3 Å². The number of ether oxygens (including phenoxy) is 1. The number of benzene rings is 2. The van der Waals surface area contributed by atoms with Crippen LogP contribution in [-0.4, -0.2) is 38.8 Å². The molecule has 1 amide bonds. The molecule has 0 unspecified atom stereocenters. The van der Waals surface area contributed by atoms with E-state index < -0.39 is 10.0 Å². The highest BCUT2D eigenvalue weighted by Gasteiger charge is 2.26. The molecule has 31 heavy (non-hydrogen) atoms. The van der Waals surface area contributed by atoms with Crippen LogP contribution in [0.25, 0.3) is 11.0 Å². The number of rotatable bonds is 6. The molecule has 1 N–H and O–H groups in total. The Morgan fingerprint density at radius 3 is 2.58 bits per heavy atom. The van der Waals surface area contributed by atoms with Crippen LogP contribution in [0.3, 0.4) is 0 Å². The second-order valence-electron chi connectivity index (χ2n) is 7.66. The van der Waals surface area contributed by atoms with Gasteiger partial charge in [-0.05, 0) is 37.1 Å². The van der Waals surface area contributed by atoms with E-state index in [-0.39, 0.29) is 17.2 Å². The molecule has 8 heteroatoms. The highest BCUT2D eigenvalue weighted by atomic mass is 32.2. The maximum absolute atomic E-state index is 13.1. The summed E-state index contributed by atoms with van der Waals surface area (Å²) in [6.07, 6.45) is 5.47. The minimum absolute atomic E-state index is 0.100. The Labute approximate surface area is 182 Å². The Bertz CT molecular complexity index is 1180. The topological polar surface area (TPSA) is 88.9 Å². The third-order valence-corrected chi connectivity index (χ3v) is 7.45. The first-order chi connectivity index (χ1) is 15.0. The number of nitrogens with one attached hydrogen (secondary N) is 1. The van der Waals surface area contributed by atoms with Gasteiger partial charge in [0, 0.05) is 24.0 Å². The van der Waals surface area contributed by atoms with E-state index in [1.54, 1.807) is 12.3 Å². The van der Waals surface area contributed by atoms with Gasteiger partial charge in [0.1, 0.15) is 11.3 Å². The first-order valence-electron chi connectivity index (χ1n) is 10.4. The highest BCUT2D eigenvalue weighted by molar-refractivity contribution is 7.89. The lowest BCUT2D eigenvalue weighted by Gasteiger charge is -2.21. The van der Waals surface area contributed by atoms with Crippen LogP contribution in [-0.2, 0) is 21.2 Å². The maximum Gasteiger partial charge on any atom is 0.243 e. The summed E-state index contributed by atoms with van der Waals surface area (Å²) in [6.45, 7) is 1.03. The fraction of sp³-hybridized carbons (Fsp3) is 0.348. The molecule has 4 rings (SSSR count). The molecule has 2 heterocycles. The number of hydrogen-bond acceptors (Lipinski definition) is 5. The number of carbonyl (C=O) groups excluding carboxylic acids is 1. The van der Waals surface area contributed by atoms with Crippen molar-refractivity contribution in [1.29, 1.82) is 0 Å². The number of carbonyl (C=O) groups is 1. The number of amides is 1. The van der Waals surface area contributed by atoms with Gasteiger partial charge < -0.3 is 14.5 Å². The summed E-state index contributed by atoms with van der Waals surface area (Å²) in [5, 5.41) is 3.68. The van der Waals surface area contributed by atoms with E-state index in [4.69, 9.17) is 9.15 Å². The predicted octanol–water partition coefficient (Wildman–Crippen LogP) is 4.19. The van der Waals surface area contributed by atoms with Gasteiger partial charge in [-0.2, -0.15) is 4.31 Å². The highest BCUT2D eigenvalue weighted by Crippen LogP contribution is 2.30. The molecule has 0 aliphatic carbocycles. The molecule has 0 saturated carbocycles. The number of methoxy groups -OCH3 is 1. The molecular formula is C23H26N2O5S. The first kappa shape index (κ1) is 21.4. The van der Waals surface area contributed by atoms with Crippen molar-refractivity contribution in [3.05, 3.63) is 54.3 Å². The minimum Gasteiger partial charge on any atom is -0.495 e. The van der Waals surface area contributed by atoms with Gasteiger partial charge in [-0.15, -0.1) is 0 Å². The maximum atomic E-state index is 13.1. The smallest absolute Gasteiger partial charge is 0.243 e. The van der Waals surface area contributed by atoms with E-state index in [9.17, 15) is 13.2 Å². The normalized spacial score (nSPS) is 15.5. The summed E-state index contributed by atoms with van der Waals surface area (Å²) in [6, 6.07) is 12.1. The summed E-state index contributed by atoms with van der Waals surface area (Å²) >= 11 is 0. The standard InChI is InChI=1S/C23H26N2O5S/c1-29-22-11-10-18(31(27,28)25-12-6-2-3-7-13-25)15-20(22)24-23(26)14-17-16-30-21-9-5-4-8-19(17)21/h4-5,8-11,15-16H,2-3,6-7,12-14H2,1H3,(H,24,26). The Hall–Kier alpha value is -2.84. The molecule has 0 bridgehead atoms. The fourth-order valence-electron chi connectivity index (χ4n) is 3.91. The molecule has 7 nitrogen and oxygen atoms in total. The Balaban J connectivity index is 1.56. The number of nitrogens with zero attached hydrogens (tertiary/aromatic N) is 1. The van der Waals surface area contributed by atoms with E-state index in [1.165, 1.54) is 23.5 Å². The Morgan fingerprint density at radius 2 is 1.84 bits per heavy atom. The number of sulfonamides is 1. The quantitative estimate of drug-likeness (QED) is 0.618. The molecule has 2 aromatic carbocycles. The van der Waals surface area contributed by atoms with Crippen molar-refractivity contribution in [2.45, 2.75) is 37.0 Å². The zero-order valence-corrected chi connectivity index (χ0v) is 18.3. The number of hydrogen-bond donors (Lipinski definition) is 1. The van der Waals surface area contributed by atoms with Crippen molar-refractivity contribution in [2.75, 3.05) is 25.5 Å². The predicted molar refractivity (Wildman–Crippen MR) is 119 cm³/mol. The monoisotopic (exact) mass is 442 g/mol. The van der Waals surface area contributed by atoms with Gasteiger partial charge in [0.05, 0.1) is 30.4 Å². The number of anilines is 1. The molecule has 1 fully saturated rings. The van der Waals surface area contributed by atoms with Gasteiger partial charge >= 0.3 is 0 Å². The first-order valence-corrected chi connectivity index (χ1v) is 11.9. The summed E-state index contributed by atoms with van der Waals surface area (Å²) in [7, 11) is -2.15. The van der Waals surface area contributed by atoms with E-state index in [0.717, 1.165) is 36.6 Å². The molecule has 1 saturated heterocycles. The van der Waals surface area contributed by atoms with E-state index in [0.29, 0.717) is 30.1 Å². The van der Waals surface area contributed by atoms with Crippen LogP contribution >= 0.6 is 0 Å². The number of para-hydroxylation sites is 1. The minimum atomic E-state index is -3.64. The van der Waals surface area contributed by atoms with Crippen LogP contribution in [0.2, 0.25) is 0 Å². The molecule has 1 aliphatic rings. The molecule has 0 atom stereocenters. The van der Waals surface area contributed by atoms with Gasteiger partial charge in [0.15, 0.2) is 0 Å². The SMILES string of the molecule is COc1ccc(S(=O)(=O)N2CCCCCC2)cc1NC(=O)Cc1coc2ccccc12. The summed E-state index contributed by atoms with van der Waals surface area (Å²) in [4.78, 5) is 12.9. The van der Waals surface area contributed by atoms with Crippen LogP contribution in [0.4, 0.5) is 5.69 Å². The van der Waals surface area contributed by atoms with Crippen LogP contribution in [0.15, 0.2) is 58.0 Å². The lowest BCUT2D eigenvalue weighted by Crippen LogP contribution is -2.32. The molecule has 3 aromatic rings. The van der Waals surface area contributed by atoms with Crippen LogP contribution in [0, 0.1) is 0 Å². The van der Waals surface area contributed by atoms with Crippen molar-refractivity contribution in [2.24, 2.45) is 0 Å². The molecule has 0 spiro atoms. The van der Waals surface area contributed by atoms with Crippen LogP contribution < -0.4 is 10.1 Å². The average Bonchev–Trinajstić information content (AvgIpc) is 2.98. The van der Waals surface area contributed by atoms with Gasteiger partial charge in [0.2, 0.25) is 15.9 Å². The van der Waals surface area contributed by atoms with Crippen molar-refractivity contribution in [3.63, 3.8) is 0 Å². The molecule has 164 valence electrons. The summed E-state index contributed by atoms with van der Waals surface area (Å²) in [5.74, 6) is 0.120. The third kappa shape index (κ3) is 4.60. The van der Waals surface area contributed by atoms with Gasteiger partial charge in [-0.1, -0.05) is 31.0 Å². The molecular weight excluding hydrogens is 416 g/mol. The van der Waals surface area contributed by atoms with Crippen LogP contribution in [0.5, 0.6) is 5.75 Å². The van der Waals surface area contributed by atoms with Crippen molar-refractivity contribution >= 4 is 32.6 Å². The summed E-state index contributed by atoms with van der Waals surface area (Å²) < 4.78 is 38.7. The van der Waals surface area contributed by atoms with Gasteiger partial charge in [0.25, 0.3) is 0 Å². The van der Waals surface area contributed by atoms with E-state index >= 15 is 0 Å². The van der Waals surface area contributed by atoms with Crippen LogP contribution in [0.1, 0.15) is 31.2 Å². The zero-order chi connectivity index (χ0) is 21.8. The van der Waals surface area contributed by atoms with E-state index in [2.05, 4.69) is 5.32 Å². The largest absolute Gasteiger partial charge is 0.495 e. The number of furan rings is 1. The molecule has 1 aliphatic heterocycles. The van der Waals surface area contributed by atoms with Crippen molar-refractivity contribution in [3.8, 4) is 5.75 Å². The molecule has 0 radical (unpaired) electrons.